The average Bonchev–Trinajstić information content (AvgIpc) is 3.11. The number of phenolic OH excluding ortho intramolecular Hbond substituents is 1. The topological polar surface area (TPSA) is 106 Å². The fourth-order valence-electron chi connectivity index (χ4n) is 5.52. The van der Waals surface area contributed by atoms with Crippen LogP contribution in [0, 0.1) is 6.92 Å². The van der Waals surface area contributed by atoms with Crippen LogP contribution in [0.4, 0.5) is 0 Å². The van der Waals surface area contributed by atoms with Gasteiger partial charge in [-0.2, -0.15) is 0 Å². The van der Waals surface area contributed by atoms with Gasteiger partial charge in [0.05, 0.1) is 13.2 Å². The lowest BCUT2D eigenvalue weighted by Gasteiger charge is -2.30. The third-order valence-corrected chi connectivity index (χ3v) is 9.66. The van der Waals surface area contributed by atoms with E-state index in [9.17, 15) is 14.7 Å². The van der Waals surface area contributed by atoms with Crippen LogP contribution in [-0.2, 0) is 15.6 Å². The Kier molecular flexibility index (Phi) is 13.2. The van der Waals surface area contributed by atoms with Gasteiger partial charge in [-0.25, -0.2) is 0 Å². The second-order valence-corrected chi connectivity index (χ2v) is 14.1. The van der Waals surface area contributed by atoms with Gasteiger partial charge in [0.1, 0.15) is 35.2 Å². The number of unbranched alkanes of at least 4 members (excludes halogenated alkanes) is 1. The van der Waals surface area contributed by atoms with Crippen molar-refractivity contribution in [3.8, 4) is 23.0 Å². The molecule has 268 valence electrons. The first-order valence-corrected chi connectivity index (χ1v) is 17.8. The summed E-state index contributed by atoms with van der Waals surface area (Å²) in [5.41, 5.74) is 3.73. The number of nitrogens with one attached hydrogen (secondary N) is 2. The van der Waals surface area contributed by atoms with Crippen LogP contribution in [-0.4, -0.2) is 49.8 Å². The zero-order valence-corrected chi connectivity index (χ0v) is 30.8. The largest absolute Gasteiger partial charge is 0.506 e. The molecule has 8 nitrogen and oxygen atoms in total. The first-order valence-electron chi connectivity index (χ1n) is 17.8. The average molecular weight is 683 g/mol. The summed E-state index contributed by atoms with van der Waals surface area (Å²) in [4.78, 5) is 26.0. The van der Waals surface area contributed by atoms with Gasteiger partial charge in [-0.15, -0.1) is 0 Å². The Bertz CT molecular complexity index is 1750. The SMILES string of the molecule is CCC(C)(C)c1ccc(OCCCCNC(=O)c2c(OCC(=O)NCCOc3ccc(C)cc3)cc3ccccc3c2O)c(C(C)(C)CC)c1. The van der Waals surface area contributed by atoms with Crippen LogP contribution >= 0.6 is 0 Å². The van der Waals surface area contributed by atoms with Crippen LogP contribution < -0.4 is 24.8 Å². The standard InChI is InChI=1S/C42H54N2O6/c1-8-41(4,5)31-18-21-35(34(27-31)42(6,7)9-2)49-24-13-12-22-44-40(47)38-36(26-30-14-10-11-15-33(30)39(38)46)50-28-37(45)43-23-25-48-32-19-16-29(3)17-20-32/h10-11,14-21,26-27,46H,8-9,12-13,22-25,28H2,1-7H3,(H,43,45)(H,44,47). The number of rotatable bonds is 18. The summed E-state index contributed by atoms with van der Waals surface area (Å²) in [5.74, 6) is 0.730. The number of benzene rings is 4. The fraction of sp³-hybridized carbons (Fsp3) is 0.429. The quantitative estimate of drug-likeness (QED) is 0.0911. The molecule has 2 amide bonds. The Hall–Kier alpha value is -4.72. The van der Waals surface area contributed by atoms with Crippen molar-refractivity contribution in [1.82, 2.24) is 10.6 Å². The lowest BCUT2D eigenvalue weighted by molar-refractivity contribution is -0.123. The smallest absolute Gasteiger partial charge is 0.258 e. The molecule has 8 heteroatoms. The van der Waals surface area contributed by atoms with Gasteiger partial charge in [-0.3, -0.25) is 9.59 Å². The first-order chi connectivity index (χ1) is 23.9. The van der Waals surface area contributed by atoms with E-state index >= 15 is 0 Å². The zero-order chi connectivity index (χ0) is 36.3. The molecular formula is C42H54N2O6. The monoisotopic (exact) mass is 682 g/mol. The van der Waals surface area contributed by atoms with Gasteiger partial charge >= 0.3 is 0 Å². The Balaban J connectivity index is 1.32. The molecule has 0 aliphatic heterocycles. The van der Waals surface area contributed by atoms with Crippen molar-refractivity contribution in [1.29, 1.82) is 0 Å². The van der Waals surface area contributed by atoms with E-state index in [1.807, 2.05) is 43.3 Å². The van der Waals surface area contributed by atoms with E-state index in [-0.39, 0.29) is 47.0 Å². The van der Waals surface area contributed by atoms with Crippen LogP contribution in [0.2, 0.25) is 0 Å². The molecule has 0 aliphatic rings. The molecule has 0 atom stereocenters. The molecule has 0 fully saturated rings. The highest BCUT2D eigenvalue weighted by molar-refractivity contribution is 6.06. The predicted molar refractivity (Wildman–Crippen MR) is 201 cm³/mol. The molecular weight excluding hydrogens is 628 g/mol. The van der Waals surface area contributed by atoms with E-state index in [0.29, 0.717) is 37.0 Å². The first kappa shape index (κ1) is 38.1. The number of hydrogen-bond acceptors (Lipinski definition) is 6. The maximum atomic E-state index is 13.4. The molecule has 0 spiro atoms. The number of phenols is 1. The van der Waals surface area contributed by atoms with Crippen LogP contribution in [0.5, 0.6) is 23.0 Å². The van der Waals surface area contributed by atoms with Crippen molar-refractivity contribution >= 4 is 22.6 Å². The fourth-order valence-corrected chi connectivity index (χ4v) is 5.52. The number of ether oxygens (including phenoxy) is 3. The predicted octanol–water partition coefficient (Wildman–Crippen LogP) is 8.39. The van der Waals surface area contributed by atoms with Crippen LogP contribution in [0.25, 0.3) is 10.8 Å². The Labute approximate surface area is 297 Å². The van der Waals surface area contributed by atoms with Gasteiger partial charge in [0, 0.05) is 17.5 Å². The van der Waals surface area contributed by atoms with Crippen molar-refractivity contribution in [3.63, 3.8) is 0 Å². The summed E-state index contributed by atoms with van der Waals surface area (Å²) in [6.45, 7) is 16.6. The summed E-state index contributed by atoms with van der Waals surface area (Å²) in [5, 5.41) is 18.0. The third-order valence-electron chi connectivity index (χ3n) is 9.66. The van der Waals surface area contributed by atoms with E-state index in [2.05, 4.69) is 70.4 Å². The molecule has 4 aromatic carbocycles. The minimum atomic E-state index is -0.475. The molecule has 50 heavy (non-hydrogen) atoms. The molecule has 4 rings (SSSR count). The van der Waals surface area contributed by atoms with E-state index in [1.165, 1.54) is 11.1 Å². The van der Waals surface area contributed by atoms with Gasteiger partial charge in [-0.05, 0) is 78.7 Å². The van der Waals surface area contributed by atoms with Gasteiger partial charge < -0.3 is 30.0 Å². The summed E-state index contributed by atoms with van der Waals surface area (Å²) < 4.78 is 17.8. The maximum absolute atomic E-state index is 13.4. The molecule has 4 aromatic rings. The van der Waals surface area contributed by atoms with Gasteiger partial charge in [0.25, 0.3) is 11.8 Å². The number of fused-ring (bicyclic) bond motifs is 1. The summed E-state index contributed by atoms with van der Waals surface area (Å²) in [6.07, 6.45) is 3.45. The second-order valence-electron chi connectivity index (χ2n) is 14.1. The van der Waals surface area contributed by atoms with Crippen molar-refractivity contribution in [2.75, 3.05) is 32.9 Å². The number of carbonyl (C=O) groups is 2. The summed E-state index contributed by atoms with van der Waals surface area (Å²) >= 11 is 0. The minimum Gasteiger partial charge on any atom is -0.506 e. The third kappa shape index (κ3) is 9.93. The minimum absolute atomic E-state index is 0.00279. The lowest BCUT2D eigenvalue weighted by atomic mass is 9.76. The Morgan fingerprint density at radius 1 is 0.740 bits per heavy atom. The van der Waals surface area contributed by atoms with Crippen LogP contribution in [0.3, 0.4) is 0 Å². The molecule has 0 heterocycles. The molecule has 0 bridgehead atoms. The maximum Gasteiger partial charge on any atom is 0.258 e. The van der Waals surface area contributed by atoms with E-state index in [1.54, 1.807) is 18.2 Å². The van der Waals surface area contributed by atoms with Crippen molar-refractivity contribution in [2.24, 2.45) is 0 Å². The molecule has 3 N–H and O–H groups in total. The second kappa shape index (κ2) is 17.3. The van der Waals surface area contributed by atoms with Gasteiger partial charge in [0.15, 0.2) is 6.61 Å². The summed E-state index contributed by atoms with van der Waals surface area (Å²) in [7, 11) is 0. The Morgan fingerprint density at radius 3 is 2.18 bits per heavy atom. The van der Waals surface area contributed by atoms with Crippen molar-refractivity contribution in [3.05, 3.63) is 95.1 Å². The van der Waals surface area contributed by atoms with Crippen molar-refractivity contribution in [2.45, 2.75) is 85.0 Å². The van der Waals surface area contributed by atoms with E-state index in [0.717, 1.165) is 36.3 Å². The van der Waals surface area contributed by atoms with Gasteiger partial charge in [-0.1, -0.05) is 95.6 Å². The molecule has 0 unspecified atom stereocenters. The Morgan fingerprint density at radius 2 is 1.46 bits per heavy atom. The number of aryl methyl sites for hydroxylation is 1. The number of amides is 2. The number of aromatic hydroxyl groups is 1. The normalized spacial score (nSPS) is 11.7. The molecule has 0 aliphatic carbocycles. The van der Waals surface area contributed by atoms with Gasteiger partial charge in [0.2, 0.25) is 0 Å². The molecule has 0 aromatic heterocycles. The highest BCUT2D eigenvalue weighted by Crippen LogP contribution is 2.39. The van der Waals surface area contributed by atoms with E-state index < -0.39 is 5.91 Å². The van der Waals surface area contributed by atoms with E-state index in [4.69, 9.17) is 14.2 Å². The molecule has 0 saturated carbocycles. The zero-order valence-electron chi connectivity index (χ0n) is 30.8. The van der Waals surface area contributed by atoms with Crippen molar-refractivity contribution < 1.29 is 28.9 Å². The molecule has 0 saturated heterocycles. The summed E-state index contributed by atoms with van der Waals surface area (Å²) in [6, 6.07) is 23.1. The highest BCUT2D eigenvalue weighted by atomic mass is 16.5. The highest BCUT2D eigenvalue weighted by Gasteiger charge is 2.27. The van der Waals surface area contributed by atoms with Crippen LogP contribution in [0.1, 0.15) is 94.3 Å². The lowest BCUT2D eigenvalue weighted by Crippen LogP contribution is -2.32. The molecule has 0 radical (unpaired) electrons. The number of hydrogen-bond donors (Lipinski definition) is 3. The van der Waals surface area contributed by atoms with Crippen LogP contribution in [0.15, 0.2) is 72.8 Å². The number of carbonyl (C=O) groups excluding carboxylic acids is 2.